The van der Waals surface area contributed by atoms with Crippen molar-refractivity contribution in [2.45, 2.75) is 58.3 Å². The SMILES string of the molecule is CC(C)C[C@H](NC(=O)[C@@H](NC(=O)c1cccc(-c2ccccc2)n1)[C@@H](C)O)B1OC(=O)COC(C)C(=O)O1. The lowest BCUT2D eigenvalue weighted by atomic mass is 9.73. The van der Waals surface area contributed by atoms with E-state index in [1.54, 1.807) is 12.1 Å². The van der Waals surface area contributed by atoms with Gasteiger partial charge in [0.2, 0.25) is 5.91 Å². The Balaban J connectivity index is 1.77. The molecule has 2 heterocycles. The molecule has 0 radical (unpaired) electrons. The summed E-state index contributed by atoms with van der Waals surface area (Å²) in [5, 5.41) is 15.5. The molecule has 202 valence electrons. The summed E-state index contributed by atoms with van der Waals surface area (Å²) in [7, 11) is -1.41. The standard InChI is InChI=1S/C26H32BN3O8/c1-15(2)13-21(27-37-22(32)14-36-17(4)26(35)38-27)29-25(34)23(16(3)31)30-24(33)20-12-8-11-19(28-20)18-9-6-5-7-10-18/h5-12,15-17,21,23,31H,13-14H2,1-4H3,(H,29,34)(H,30,33)/t16-,17?,21+,23+/m1/s1. The number of nitrogens with zero attached hydrogens (tertiary/aromatic N) is 1. The van der Waals surface area contributed by atoms with E-state index in [0.717, 1.165) is 5.56 Å². The van der Waals surface area contributed by atoms with Crippen LogP contribution >= 0.6 is 0 Å². The second kappa shape index (κ2) is 13.2. The number of nitrogens with one attached hydrogen (secondary N) is 2. The van der Waals surface area contributed by atoms with Gasteiger partial charge in [0.1, 0.15) is 18.3 Å². The summed E-state index contributed by atoms with van der Waals surface area (Å²) < 4.78 is 15.6. The molecule has 1 fully saturated rings. The summed E-state index contributed by atoms with van der Waals surface area (Å²) in [5.41, 5.74) is 1.44. The van der Waals surface area contributed by atoms with Gasteiger partial charge < -0.3 is 29.8 Å². The van der Waals surface area contributed by atoms with Crippen LogP contribution < -0.4 is 10.6 Å². The highest BCUT2D eigenvalue weighted by Crippen LogP contribution is 2.17. The van der Waals surface area contributed by atoms with Crippen molar-refractivity contribution in [1.29, 1.82) is 0 Å². The molecule has 3 rings (SSSR count). The average molecular weight is 525 g/mol. The van der Waals surface area contributed by atoms with Crippen molar-refractivity contribution in [1.82, 2.24) is 15.6 Å². The van der Waals surface area contributed by atoms with Gasteiger partial charge in [-0.3, -0.25) is 19.2 Å². The fourth-order valence-corrected chi connectivity index (χ4v) is 3.79. The number of hydrogen-bond donors (Lipinski definition) is 3. The largest absolute Gasteiger partial charge is 0.622 e. The van der Waals surface area contributed by atoms with E-state index in [0.29, 0.717) is 5.69 Å². The second-order valence-corrected chi connectivity index (χ2v) is 9.46. The molecule has 3 N–H and O–H groups in total. The van der Waals surface area contributed by atoms with Gasteiger partial charge in [-0.1, -0.05) is 50.2 Å². The fraction of sp³-hybridized carbons (Fsp3) is 0.423. The number of amides is 2. The van der Waals surface area contributed by atoms with Crippen molar-refractivity contribution in [3.63, 3.8) is 0 Å². The first-order valence-corrected chi connectivity index (χ1v) is 12.4. The summed E-state index contributed by atoms with van der Waals surface area (Å²) >= 11 is 0. The Labute approximate surface area is 221 Å². The zero-order valence-corrected chi connectivity index (χ0v) is 21.7. The highest BCUT2D eigenvalue weighted by Gasteiger charge is 2.43. The smallest absolute Gasteiger partial charge is 0.496 e. The lowest BCUT2D eigenvalue weighted by Crippen LogP contribution is -2.59. The molecule has 1 aliphatic heterocycles. The van der Waals surface area contributed by atoms with Crippen molar-refractivity contribution >= 4 is 30.9 Å². The van der Waals surface area contributed by atoms with Gasteiger partial charge in [-0.2, -0.15) is 0 Å². The van der Waals surface area contributed by atoms with Crippen molar-refractivity contribution in [3.8, 4) is 11.3 Å². The summed E-state index contributed by atoms with van der Waals surface area (Å²) in [6.07, 6.45) is -2.01. The highest BCUT2D eigenvalue weighted by molar-refractivity contribution is 6.51. The third kappa shape index (κ3) is 7.86. The number of aliphatic hydroxyl groups excluding tert-OH is 1. The van der Waals surface area contributed by atoms with E-state index in [4.69, 9.17) is 14.0 Å². The van der Waals surface area contributed by atoms with E-state index in [1.807, 2.05) is 44.2 Å². The number of ether oxygens (including phenoxy) is 1. The van der Waals surface area contributed by atoms with E-state index in [2.05, 4.69) is 15.6 Å². The van der Waals surface area contributed by atoms with Crippen LogP contribution in [0.4, 0.5) is 0 Å². The maximum Gasteiger partial charge on any atom is 0.622 e. The number of carbonyl (C=O) groups excluding carboxylic acids is 4. The fourth-order valence-electron chi connectivity index (χ4n) is 3.79. The number of pyridine rings is 1. The van der Waals surface area contributed by atoms with Crippen LogP contribution in [0.1, 0.15) is 44.6 Å². The van der Waals surface area contributed by atoms with E-state index in [9.17, 15) is 24.3 Å². The number of carbonyl (C=O) groups is 4. The van der Waals surface area contributed by atoms with Gasteiger partial charge in [0.05, 0.1) is 17.7 Å². The van der Waals surface area contributed by atoms with Gasteiger partial charge in [0, 0.05) is 5.56 Å². The Morgan fingerprint density at radius 2 is 1.76 bits per heavy atom. The van der Waals surface area contributed by atoms with Crippen LogP contribution in [0, 0.1) is 5.92 Å². The van der Waals surface area contributed by atoms with Gasteiger partial charge in [0.15, 0.2) is 6.10 Å². The molecule has 1 aliphatic rings. The first kappa shape index (κ1) is 28.8. The lowest BCUT2D eigenvalue weighted by molar-refractivity contribution is -0.160. The van der Waals surface area contributed by atoms with Crippen molar-refractivity contribution in [3.05, 3.63) is 54.2 Å². The Kier molecular flexibility index (Phi) is 9.97. The second-order valence-electron chi connectivity index (χ2n) is 9.46. The Morgan fingerprint density at radius 1 is 1.05 bits per heavy atom. The molecule has 0 bridgehead atoms. The number of hydrogen-bond acceptors (Lipinski definition) is 9. The Hall–Kier alpha value is -3.77. The summed E-state index contributed by atoms with van der Waals surface area (Å²) in [6, 6.07) is 12.8. The first-order valence-electron chi connectivity index (χ1n) is 12.4. The zero-order valence-electron chi connectivity index (χ0n) is 21.7. The molecule has 12 heteroatoms. The quantitative estimate of drug-likeness (QED) is 0.411. The zero-order chi connectivity index (χ0) is 27.8. The molecule has 0 spiro atoms. The van der Waals surface area contributed by atoms with Crippen LogP contribution in [0.2, 0.25) is 0 Å². The summed E-state index contributed by atoms with van der Waals surface area (Å²) in [4.78, 5) is 55.0. The molecule has 1 saturated heterocycles. The molecule has 0 aliphatic carbocycles. The van der Waals surface area contributed by atoms with Gasteiger partial charge in [0.25, 0.3) is 5.91 Å². The molecular weight excluding hydrogens is 493 g/mol. The van der Waals surface area contributed by atoms with Gasteiger partial charge in [-0.15, -0.1) is 0 Å². The van der Waals surface area contributed by atoms with Gasteiger partial charge in [-0.25, -0.2) is 4.98 Å². The van der Waals surface area contributed by atoms with Crippen LogP contribution in [0.3, 0.4) is 0 Å². The minimum Gasteiger partial charge on any atom is -0.496 e. The first-order chi connectivity index (χ1) is 18.0. The maximum absolute atomic E-state index is 13.2. The van der Waals surface area contributed by atoms with E-state index >= 15 is 0 Å². The van der Waals surface area contributed by atoms with Crippen LogP contribution in [-0.2, 0) is 28.4 Å². The van der Waals surface area contributed by atoms with E-state index in [1.165, 1.54) is 19.9 Å². The minimum absolute atomic E-state index is 0.00124. The summed E-state index contributed by atoms with van der Waals surface area (Å²) in [5.74, 6) is -3.88. The molecule has 2 aromatic rings. The molecule has 11 nitrogen and oxygen atoms in total. The van der Waals surface area contributed by atoms with Crippen molar-refractivity contribution in [2.75, 3.05) is 6.61 Å². The summed E-state index contributed by atoms with van der Waals surface area (Å²) in [6.45, 7) is 6.09. The predicted octanol–water partition coefficient (Wildman–Crippen LogP) is 1.29. The Morgan fingerprint density at radius 3 is 2.42 bits per heavy atom. The van der Waals surface area contributed by atoms with Gasteiger partial charge in [-0.05, 0) is 38.3 Å². The molecule has 1 aromatic heterocycles. The monoisotopic (exact) mass is 525 g/mol. The average Bonchev–Trinajstić information content (AvgIpc) is 2.88. The molecule has 38 heavy (non-hydrogen) atoms. The predicted molar refractivity (Wildman–Crippen MR) is 137 cm³/mol. The van der Waals surface area contributed by atoms with Crippen LogP contribution in [0.5, 0.6) is 0 Å². The molecule has 4 atom stereocenters. The lowest BCUT2D eigenvalue weighted by Gasteiger charge is -2.29. The molecule has 1 unspecified atom stereocenters. The van der Waals surface area contributed by atoms with E-state index < -0.39 is 61.7 Å². The Bertz CT molecular complexity index is 1140. The molecular formula is C26H32BN3O8. The number of aliphatic hydroxyl groups is 1. The third-order valence-corrected chi connectivity index (χ3v) is 5.75. The number of rotatable bonds is 9. The normalized spacial score (nSPS) is 18.4. The van der Waals surface area contributed by atoms with Gasteiger partial charge >= 0.3 is 19.1 Å². The highest BCUT2D eigenvalue weighted by atomic mass is 16.7. The molecule has 0 saturated carbocycles. The van der Waals surface area contributed by atoms with Crippen molar-refractivity contribution < 1.29 is 38.3 Å². The van der Waals surface area contributed by atoms with E-state index in [-0.39, 0.29) is 18.0 Å². The number of benzene rings is 1. The van der Waals surface area contributed by atoms with Crippen LogP contribution in [0.25, 0.3) is 11.3 Å². The van der Waals surface area contributed by atoms with Crippen molar-refractivity contribution in [2.24, 2.45) is 5.92 Å². The third-order valence-electron chi connectivity index (χ3n) is 5.75. The minimum atomic E-state index is -1.41. The topological polar surface area (TPSA) is 153 Å². The number of aromatic nitrogens is 1. The molecule has 1 aromatic carbocycles. The maximum atomic E-state index is 13.2. The van der Waals surface area contributed by atoms with Crippen LogP contribution in [-0.4, -0.2) is 71.8 Å². The van der Waals surface area contributed by atoms with Crippen LogP contribution in [0.15, 0.2) is 48.5 Å². The molecule has 2 amide bonds.